The van der Waals surface area contributed by atoms with Crippen LogP contribution in [0, 0.1) is 11.3 Å². The number of nitriles is 1. The Kier molecular flexibility index (Phi) is 5.66. The fourth-order valence-electron chi connectivity index (χ4n) is 2.48. The zero-order chi connectivity index (χ0) is 19.4. The summed E-state index contributed by atoms with van der Waals surface area (Å²) >= 11 is 11.9. The van der Waals surface area contributed by atoms with Crippen LogP contribution in [-0.4, -0.2) is 13.1 Å². The second-order valence-electron chi connectivity index (χ2n) is 5.56. The van der Waals surface area contributed by atoms with E-state index in [1.807, 2.05) is 0 Å². The maximum atomic E-state index is 11.8. The number of carbonyl (C=O) groups is 1. The Morgan fingerprint density at radius 2 is 1.85 bits per heavy atom. The summed E-state index contributed by atoms with van der Waals surface area (Å²) in [7, 11) is 1.29. The first kappa shape index (κ1) is 18.8. The van der Waals surface area contributed by atoms with E-state index in [1.165, 1.54) is 7.11 Å². The number of benzene rings is 2. The van der Waals surface area contributed by atoms with Crippen molar-refractivity contribution in [3.63, 3.8) is 0 Å². The molecule has 0 atom stereocenters. The fourth-order valence-corrected chi connectivity index (χ4v) is 2.80. The van der Waals surface area contributed by atoms with E-state index >= 15 is 0 Å². The van der Waals surface area contributed by atoms with Gasteiger partial charge in [-0.15, -0.1) is 0 Å². The maximum absolute atomic E-state index is 11.8. The van der Waals surface area contributed by atoms with E-state index in [0.29, 0.717) is 32.7 Å². The number of rotatable bonds is 4. The van der Waals surface area contributed by atoms with Gasteiger partial charge in [0.2, 0.25) is 0 Å². The van der Waals surface area contributed by atoms with Gasteiger partial charge in [-0.2, -0.15) is 5.26 Å². The van der Waals surface area contributed by atoms with E-state index < -0.39 is 5.97 Å². The lowest BCUT2D eigenvalue weighted by atomic mass is 10.1. The number of furan rings is 1. The van der Waals surface area contributed by atoms with Crippen molar-refractivity contribution in [2.45, 2.75) is 0 Å². The van der Waals surface area contributed by atoms with Crippen molar-refractivity contribution in [1.29, 1.82) is 5.26 Å². The Morgan fingerprint density at radius 3 is 2.52 bits per heavy atom. The smallest absolute Gasteiger partial charge is 0.339 e. The van der Waals surface area contributed by atoms with Crippen LogP contribution in [0.25, 0.3) is 23.0 Å². The minimum atomic E-state index is -0.525. The van der Waals surface area contributed by atoms with Gasteiger partial charge in [-0.05, 0) is 54.1 Å². The molecule has 4 nitrogen and oxygen atoms in total. The summed E-state index contributed by atoms with van der Waals surface area (Å²) in [4.78, 5) is 11.8. The lowest BCUT2D eigenvalue weighted by Crippen LogP contribution is -2.02. The molecule has 134 valence electrons. The first-order chi connectivity index (χ1) is 13.0. The van der Waals surface area contributed by atoms with Crippen LogP contribution in [0.2, 0.25) is 10.0 Å². The van der Waals surface area contributed by atoms with Gasteiger partial charge in [-0.25, -0.2) is 4.79 Å². The Labute approximate surface area is 166 Å². The molecule has 0 amide bonds. The highest BCUT2D eigenvalue weighted by Crippen LogP contribution is 2.29. The molecule has 27 heavy (non-hydrogen) atoms. The molecule has 0 saturated heterocycles. The van der Waals surface area contributed by atoms with Crippen molar-refractivity contribution in [2.24, 2.45) is 0 Å². The average Bonchev–Trinajstić information content (AvgIpc) is 3.15. The quantitative estimate of drug-likeness (QED) is 0.393. The van der Waals surface area contributed by atoms with Crippen LogP contribution >= 0.6 is 23.2 Å². The van der Waals surface area contributed by atoms with Crippen LogP contribution in [0.4, 0.5) is 0 Å². The normalized spacial score (nSPS) is 11.1. The van der Waals surface area contributed by atoms with Gasteiger partial charge in [0.05, 0.1) is 29.3 Å². The standard InChI is InChI=1S/C21H13Cl2NO3/c1-26-21(25)18-11-14(4-8-19(18)23)20-9-7-17(27-20)10-15(12-24)13-2-5-16(22)6-3-13/h2-11H,1H3/b15-10-. The summed E-state index contributed by atoms with van der Waals surface area (Å²) in [6.45, 7) is 0. The van der Waals surface area contributed by atoms with Crippen LogP contribution < -0.4 is 0 Å². The maximum Gasteiger partial charge on any atom is 0.339 e. The molecule has 0 N–H and O–H groups in total. The Bertz CT molecular complexity index is 1060. The predicted octanol–water partition coefficient (Wildman–Crippen LogP) is 6.10. The van der Waals surface area contributed by atoms with E-state index in [0.717, 1.165) is 5.56 Å². The number of esters is 1. The van der Waals surface area contributed by atoms with E-state index in [4.69, 9.17) is 32.4 Å². The molecule has 0 unspecified atom stereocenters. The van der Waals surface area contributed by atoms with Gasteiger partial charge in [-0.1, -0.05) is 35.3 Å². The Balaban J connectivity index is 1.94. The average molecular weight is 398 g/mol. The third-order valence-electron chi connectivity index (χ3n) is 3.85. The number of hydrogen-bond donors (Lipinski definition) is 0. The van der Waals surface area contributed by atoms with Crippen LogP contribution in [-0.2, 0) is 4.74 Å². The Hall–Kier alpha value is -3.00. The number of ether oxygens (including phenoxy) is 1. The Morgan fingerprint density at radius 1 is 1.11 bits per heavy atom. The molecule has 0 aliphatic carbocycles. The van der Waals surface area contributed by atoms with Crippen LogP contribution in [0.1, 0.15) is 21.7 Å². The summed E-state index contributed by atoms with van der Waals surface area (Å²) in [5.74, 6) is 0.519. The van der Waals surface area contributed by atoms with Crippen molar-refractivity contribution < 1.29 is 13.9 Å². The van der Waals surface area contributed by atoms with E-state index in [1.54, 1.807) is 60.7 Å². The number of allylic oxidation sites excluding steroid dienone is 1. The van der Waals surface area contributed by atoms with Gasteiger partial charge in [0.25, 0.3) is 0 Å². The molecule has 0 bridgehead atoms. The van der Waals surface area contributed by atoms with E-state index in [9.17, 15) is 10.1 Å². The molecule has 0 aliphatic rings. The molecule has 2 aromatic carbocycles. The predicted molar refractivity (Wildman–Crippen MR) is 105 cm³/mol. The van der Waals surface area contributed by atoms with Crippen molar-refractivity contribution in [3.8, 4) is 17.4 Å². The largest absolute Gasteiger partial charge is 0.465 e. The molecular formula is C21H13Cl2NO3. The fraction of sp³-hybridized carbons (Fsp3) is 0.0476. The number of halogens is 2. The highest BCUT2D eigenvalue weighted by atomic mass is 35.5. The second-order valence-corrected chi connectivity index (χ2v) is 6.41. The summed E-state index contributed by atoms with van der Waals surface area (Å²) in [6.07, 6.45) is 1.64. The molecular weight excluding hydrogens is 385 g/mol. The molecule has 3 aromatic rings. The first-order valence-corrected chi connectivity index (χ1v) is 8.63. The van der Waals surface area contributed by atoms with Gasteiger partial charge in [0.1, 0.15) is 11.5 Å². The molecule has 0 saturated carbocycles. The zero-order valence-corrected chi connectivity index (χ0v) is 15.7. The first-order valence-electron chi connectivity index (χ1n) is 7.87. The minimum Gasteiger partial charge on any atom is -0.465 e. The molecule has 3 rings (SSSR count). The van der Waals surface area contributed by atoms with E-state index in [-0.39, 0.29) is 5.56 Å². The van der Waals surface area contributed by atoms with E-state index in [2.05, 4.69) is 6.07 Å². The van der Waals surface area contributed by atoms with Gasteiger partial charge in [0.15, 0.2) is 0 Å². The topological polar surface area (TPSA) is 63.2 Å². The van der Waals surface area contributed by atoms with Crippen molar-refractivity contribution in [1.82, 2.24) is 0 Å². The highest BCUT2D eigenvalue weighted by molar-refractivity contribution is 6.33. The molecule has 0 aliphatic heterocycles. The number of nitrogens with zero attached hydrogens (tertiary/aromatic N) is 1. The highest BCUT2D eigenvalue weighted by Gasteiger charge is 2.14. The summed E-state index contributed by atoms with van der Waals surface area (Å²) in [6, 6.07) is 17.6. The lowest BCUT2D eigenvalue weighted by Gasteiger charge is -2.04. The van der Waals surface area contributed by atoms with Crippen molar-refractivity contribution in [3.05, 3.63) is 81.5 Å². The summed E-state index contributed by atoms with van der Waals surface area (Å²) in [5, 5.41) is 10.3. The number of hydrogen-bond acceptors (Lipinski definition) is 4. The monoisotopic (exact) mass is 397 g/mol. The van der Waals surface area contributed by atoms with Crippen molar-refractivity contribution in [2.75, 3.05) is 7.11 Å². The second kappa shape index (κ2) is 8.13. The molecule has 6 heteroatoms. The summed E-state index contributed by atoms with van der Waals surface area (Å²) in [5.41, 5.74) is 2.10. The third kappa shape index (κ3) is 4.22. The summed E-state index contributed by atoms with van der Waals surface area (Å²) < 4.78 is 10.5. The SMILES string of the molecule is COC(=O)c1cc(-c2ccc(/C=C(/C#N)c3ccc(Cl)cc3)o2)ccc1Cl. The lowest BCUT2D eigenvalue weighted by molar-refractivity contribution is 0.0601. The number of methoxy groups -OCH3 is 1. The molecule has 1 aromatic heterocycles. The molecule has 0 fully saturated rings. The van der Waals surface area contributed by atoms with Gasteiger partial charge >= 0.3 is 5.97 Å². The number of carbonyl (C=O) groups excluding carboxylic acids is 1. The van der Waals surface area contributed by atoms with Crippen LogP contribution in [0.15, 0.2) is 59.0 Å². The molecule has 0 radical (unpaired) electrons. The molecule has 1 heterocycles. The van der Waals surface area contributed by atoms with Gasteiger partial charge < -0.3 is 9.15 Å². The minimum absolute atomic E-state index is 0.254. The van der Waals surface area contributed by atoms with Gasteiger partial charge in [-0.3, -0.25) is 0 Å². The van der Waals surface area contributed by atoms with Crippen LogP contribution in [0.5, 0.6) is 0 Å². The van der Waals surface area contributed by atoms with Crippen molar-refractivity contribution >= 4 is 40.8 Å². The van der Waals surface area contributed by atoms with Gasteiger partial charge in [0, 0.05) is 10.6 Å². The molecule has 0 spiro atoms. The van der Waals surface area contributed by atoms with Crippen LogP contribution in [0.3, 0.4) is 0 Å². The zero-order valence-electron chi connectivity index (χ0n) is 14.2. The third-order valence-corrected chi connectivity index (χ3v) is 4.43.